The zero-order chi connectivity index (χ0) is 25.0. The molecule has 0 aliphatic carbocycles. The molecule has 1 aliphatic rings. The van der Waals surface area contributed by atoms with Crippen LogP contribution >= 0.6 is 0 Å². The van der Waals surface area contributed by atoms with Crippen LogP contribution in [0.2, 0.25) is 0 Å². The van der Waals surface area contributed by atoms with E-state index in [2.05, 4.69) is 19.5 Å². The summed E-state index contributed by atoms with van der Waals surface area (Å²) in [5.74, 6) is -3.26. The van der Waals surface area contributed by atoms with E-state index >= 15 is 0 Å². The highest BCUT2D eigenvalue weighted by Crippen LogP contribution is 2.36. The molecule has 0 spiro atoms. The van der Waals surface area contributed by atoms with Gasteiger partial charge in [0.1, 0.15) is 24.2 Å². The number of primary amides is 1. The van der Waals surface area contributed by atoms with Gasteiger partial charge in [-0.05, 0) is 6.92 Å². The van der Waals surface area contributed by atoms with E-state index < -0.39 is 74.6 Å². The number of nitrogens with zero attached hydrogens (tertiary/aromatic N) is 6. The van der Waals surface area contributed by atoms with Crippen molar-refractivity contribution in [2.75, 3.05) is 6.61 Å². The standard InChI is InChI=1S/C11H12N8O14/c1-3-13-5(9(12)20)6(10(21)14-16(22)23)15(3)11-8(33-19(28)29)7(32-18(26)27)4(31-11)2-30-17(24)25/h4,7-8,11H,2H2,1H3,(H2,12,20)(H,14,21)/t4-,7-,8-,11-/m1/s1. The minimum absolute atomic E-state index is 0.338. The molecule has 1 aromatic rings. The van der Waals surface area contributed by atoms with Crippen molar-refractivity contribution in [3.8, 4) is 0 Å². The monoisotopic (exact) mass is 480 g/mol. The summed E-state index contributed by atoms with van der Waals surface area (Å²) in [6.07, 6.45) is -7.89. The molecule has 180 valence electrons. The third kappa shape index (κ3) is 5.43. The Balaban J connectivity index is 2.65. The first kappa shape index (κ1) is 24.4. The summed E-state index contributed by atoms with van der Waals surface area (Å²) in [6, 6.07) is 0. The first-order valence-electron chi connectivity index (χ1n) is 8.22. The number of carbonyl (C=O) groups excluding carboxylic acids is 2. The van der Waals surface area contributed by atoms with Crippen molar-refractivity contribution in [2.45, 2.75) is 31.5 Å². The van der Waals surface area contributed by atoms with Gasteiger partial charge in [-0.2, -0.15) is 0 Å². The lowest BCUT2D eigenvalue weighted by Gasteiger charge is -2.22. The Kier molecular flexibility index (Phi) is 7.02. The molecule has 2 heterocycles. The highest BCUT2D eigenvalue weighted by Gasteiger charge is 2.52. The van der Waals surface area contributed by atoms with Gasteiger partial charge in [-0.25, -0.2) is 15.1 Å². The van der Waals surface area contributed by atoms with Crippen LogP contribution in [0, 0.1) is 47.4 Å². The quantitative estimate of drug-likeness (QED) is 0.244. The van der Waals surface area contributed by atoms with Crippen LogP contribution in [0.4, 0.5) is 0 Å². The van der Waals surface area contributed by atoms with Crippen LogP contribution in [0.1, 0.15) is 33.0 Å². The summed E-state index contributed by atoms with van der Waals surface area (Å²) in [5.41, 5.74) is 4.59. The topological polar surface area (TPSA) is 299 Å². The zero-order valence-corrected chi connectivity index (χ0v) is 16.0. The van der Waals surface area contributed by atoms with Crippen molar-refractivity contribution in [2.24, 2.45) is 5.73 Å². The molecule has 0 radical (unpaired) electrons. The van der Waals surface area contributed by atoms with Gasteiger partial charge >= 0.3 is 5.91 Å². The molecular formula is C11H12N8O14. The molecule has 22 heteroatoms. The van der Waals surface area contributed by atoms with E-state index in [1.165, 1.54) is 5.43 Å². The highest BCUT2D eigenvalue weighted by atomic mass is 17.0. The number of hydrazine groups is 1. The average molecular weight is 480 g/mol. The molecule has 0 bridgehead atoms. The van der Waals surface area contributed by atoms with E-state index in [0.29, 0.717) is 4.57 Å². The van der Waals surface area contributed by atoms with Gasteiger partial charge in [-0.3, -0.25) is 14.2 Å². The number of aryl methyl sites for hydroxylation is 1. The Morgan fingerprint density at radius 1 is 1.09 bits per heavy atom. The van der Waals surface area contributed by atoms with Crippen LogP contribution < -0.4 is 11.2 Å². The summed E-state index contributed by atoms with van der Waals surface area (Å²) < 4.78 is 5.92. The summed E-state index contributed by atoms with van der Waals surface area (Å²) in [6.45, 7) is 0.0681. The molecule has 2 rings (SSSR count). The molecule has 0 unspecified atom stereocenters. The first-order chi connectivity index (χ1) is 15.3. The number of nitrogens with two attached hydrogens (primary N) is 1. The second-order valence-electron chi connectivity index (χ2n) is 5.96. The summed E-state index contributed by atoms with van der Waals surface area (Å²) in [4.78, 5) is 83.6. The highest BCUT2D eigenvalue weighted by molar-refractivity contribution is 6.04. The number of carbonyl (C=O) groups is 2. The van der Waals surface area contributed by atoms with E-state index in [1.807, 2.05) is 0 Å². The van der Waals surface area contributed by atoms with Gasteiger partial charge in [-0.1, -0.05) is 5.43 Å². The minimum Gasteiger partial charge on any atom is -0.364 e. The maximum absolute atomic E-state index is 12.4. The molecule has 2 amide bonds. The van der Waals surface area contributed by atoms with Crippen molar-refractivity contribution < 1.29 is 49.1 Å². The van der Waals surface area contributed by atoms with Gasteiger partial charge < -0.3 is 25.0 Å². The number of hydrogen-bond donors (Lipinski definition) is 2. The maximum Gasteiger partial charge on any atom is 0.329 e. The number of amides is 2. The Labute approximate surface area is 178 Å². The first-order valence-corrected chi connectivity index (χ1v) is 8.22. The SMILES string of the molecule is Cc1nc(C(N)=O)c(C(=O)N[N+](=O)[O-])n1[C@@H]1O[C@H](CO[N+](=O)[O-])[C@@H](O[N+](=O)[O-])[C@H]1O[N+](=O)[O-]. The maximum atomic E-state index is 12.4. The molecule has 4 atom stereocenters. The second-order valence-corrected chi connectivity index (χ2v) is 5.96. The normalized spacial score (nSPS) is 21.6. The summed E-state index contributed by atoms with van der Waals surface area (Å²) >= 11 is 0. The van der Waals surface area contributed by atoms with Crippen LogP contribution in [0.5, 0.6) is 0 Å². The number of rotatable bonds is 11. The predicted molar refractivity (Wildman–Crippen MR) is 90.5 cm³/mol. The van der Waals surface area contributed by atoms with E-state index in [9.17, 15) is 50.0 Å². The Bertz CT molecular complexity index is 1010. The van der Waals surface area contributed by atoms with Crippen LogP contribution in [-0.2, 0) is 19.2 Å². The number of aromatic nitrogens is 2. The molecule has 1 fully saturated rings. The largest absolute Gasteiger partial charge is 0.364 e. The van der Waals surface area contributed by atoms with E-state index in [1.54, 1.807) is 0 Å². The minimum atomic E-state index is -2.11. The van der Waals surface area contributed by atoms with Crippen molar-refractivity contribution in [1.82, 2.24) is 15.0 Å². The number of hydrogen-bond acceptors (Lipinski definition) is 15. The van der Waals surface area contributed by atoms with E-state index in [-0.39, 0.29) is 5.82 Å². The lowest BCUT2D eigenvalue weighted by atomic mass is 10.1. The molecule has 3 N–H and O–H groups in total. The summed E-state index contributed by atoms with van der Waals surface area (Å²) in [7, 11) is 0. The fourth-order valence-electron chi connectivity index (χ4n) is 3.00. The zero-order valence-electron chi connectivity index (χ0n) is 16.0. The van der Waals surface area contributed by atoms with Crippen LogP contribution in [0.25, 0.3) is 0 Å². The molecule has 33 heavy (non-hydrogen) atoms. The van der Waals surface area contributed by atoms with Crippen LogP contribution in [0.15, 0.2) is 0 Å². The van der Waals surface area contributed by atoms with Crippen molar-refractivity contribution in [3.05, 3.63) is 57.7 Å². The average Bonchev–Trinajstić information content (AvgIpc) is 3.16. The number of imidazole rings is 1. The Morgan fingerprint density at radius 3 is 2.15 bits per heavy atom. The van der Waals surface area contributed by atoms with Gasteiger partial charge in [0, 0.05) is 0 Å². The molecule has 22 nitrogen and oxygen atoms in total. The van der Waals surface area contributed by atoms with Gasteiger partial charge in [0.05, 0.1) is 0 Å². The number of nitrogens with one attached hydrogen (secondary N) is 1. The predicted octanol–water partition coefficient (Wildman–Crippen LogP) is -2.53. The van der Waals surface area contributed by atoms with Gasteiger partial charge in [-0.15, -0.1) is 30.3 Å². The molecule has 1 saturated heterocycles. The Hall–Kier alpha value is -4.89. The van der Waals surface area contributed by atoms with Crippen molar-refractivity contribution in [1.29, 1.82) is 0 Å². The molecule has 1 aromatic heterocycles. The smallest absolute Gasteiger partial charge is 0.329 e. The lowest BCUT2D eigenvalue weighted by Crippen LogP contribution is -2.42. The fraction of sp³-hybridized carbons (Fsp3) is 0.545. The van der Waals surface area contributed by atoms with E-state index in [4.69, 9.17) is 10.5 Å². The van der Waals surface area contributed by atoms with Gasteiger partial charge in [0.2, 0.25) is 0 Å². The van der Waals surface area contributed by atoms with Crippen LogP contribution in [0.3, 0.4) is 0 Å². The third-order valence-electron chi connectivity index (χ3n) is 4.03. The molecular weight excluding hydrogens is 468 g/mol. The number of ether oxygens (including phenoxy) is 1. The van der Waals surface area contributed by atoms with Crippen molar-refractivity contribution >= 4 is 11.8 Å². The molecule has 0 saturated carbocycles. The lowest BCUT2D eigenvalue weighted by molar-refractivity contribution is -0.799. The van der Waals surface area contributed by atoms with Crippen molar-refractivity contribution in [3.63, 3.8) is 0 Å². The van der Waals surface area contributed by atoms with E-state index in [0.717, 1.165) is 6.92 Å². The number of nitro groups is 1. The fourth-order valence-corrected chi connectivity index (χ4v) is 3.00. The second kappa shape index (κ2) is 9.50. The summed E-state index contributed by atoms with van der Waals surface area (Å²) in [5, 5.41) is 37.7. The third-order valence-corrected chi connectivity index (χ3v) is 4.03. The van der Waals surface area contributed by atoms with Gasteiger partial charge in [0.25, 0.3) is 21.2 Å². The van der Waals surface area contributed by atoms with Crippen LogP contribution in [-0.4, -0.2) is 66.6 Å². The Morgan fingerprint density at radius 2 is 1.67 bits per heavy atom. The molecule has 1 aliphatic heterocycles. The van der Waals surface area contributed by atoms with Gasteiger partial charge in [0.15, 0.2) is 29.2 Å². The molecule has 0 aromatic carbocycles.